The SMILES string of the molecule is CCCCCCCC(=O)N1CCN(CC(=O)NCc2ccccc2)CC1. The largest absolute Gasteiger partial charge is 0.351 e. The van der Waals surface area contributed by atoms with Gasteiger partial charge in [-0.15, -0.1) is 0 Å². The van der Waals surface area contributed by atoms with E-state index in [4.69, 9.17) is 0 Å². The van der Waals surface area contributed by atoms with Gasteiger partial charge in [-0.05, 0) is 12.0 Å². The maximum Gasteiger partial charge on any atom is 0.234 e. The first-order valence-corrected chi connectivity index (χ1v) is 9.99. The van der Waals surface area contributed by atoms with Gasteiger partial charge in [-0.2, -0.15) is 0 Å². The number of carbonyl (C=O) groups is 2. The van der Waals surface area contributed by atoms with Crippen LogP contribution in [0.5, 0.6) is 0 Å². The van der Waals surface area contributed by atoms with Gasteiger partial charge >= 0.3 is 0 Å². The van der Waals surface area contributed by atoms with Crippen LogP contribution < -0.4 is 5.32 Å². The number of unbranched alkanes of at least 4 members (excludes halogenated alkanes) is 4. The van der Waals surface area contributed by atoms with Crippen molar-refractivity contribution in [1.29, 1.82) is 0 Å². The smallest absolute Gasteiger partial charge is 0.234 e. The van der Waals surface area contributed by atoms with Gasteiger partial charge in [0.25, 0.3) is 0 Å². The third-order valence-corrected chi connectivity index (χ3v) is 4.92. The third-order valence-electron chi connectivity index (χ3n) is 4.92. The van der Waals surface area contributed by atoms with Crippen LogP contribution >= 0.6 is 0 Å². The van der Waals surface area contributed by atoms with E-state index < -0.39 is 0 Å². The van der Waals surface area contributed by atoms with Crippen molar-refractivity contribution < 1.29 is 9.59 Å². The molecule has 1 saturated heterocycles. The van der Waals surface area contributed by atoms with Gasteiger partial charge in [-0.25, -0.2) is 0 Å². The van der Waals surface area contributed by atoms with Crippen molar-refractivity contribution in [2.24, 2.45) is 0 Å². The lowest BCUT2D eigenvalue weighted by Crippen LogP contribution is -2.51. The highest BCUT2D eigenvalue weighted by Gasteiger charge is 2.21. The fourth-order valence-electron chi connectivity index (χ4n) is 3.25. The molecule has 2 rings (SSSR count). The standard InChI is InChI=1S/C21H33N3O2/c1-2-3-4-5-9-12-21(26)24-15-13-23(14-16-24)18-20(25)22-17-19-10-7-6-8-11-19/h6-8,10-11H,2-5,9,12-18H2,1H3,(H,22,25). The van der Waals surface area contributed by atoms with Crippen LogP contribution in [0.4, 0.5) is 0 Å². The minimum absolute atomic E-state index is 0.0459. The van der Waals surface area contributed by atoms with Crippen LogP contribution in [0, 0.1) is 0 Å². The molecule has 5 nitrogen and oxygen atoms in total. The summed E-state index contributed by atoms with van der Waals surface area (Å²) >= 11 is 0. The van der Waals surface area contributed by atoms with Crippen molar-refractivity contribution in [2.45, 2.75) is 52.0 Å². The topological polar surface area (TPSA) is 52.7 Å². The normalized spacial score (nSPS) is 15.0. The first kappa shape index (κ1) is 20.4. The molecular weight excluding hydrogens is 326 g/mol. The number of carbonyl (C=O) groups excluding carboxylic acids is 2. The Balaban J connectivity index is 1.58. The van der Waals surface area contributed by atoms with E-state index in [9.17, 15) is 9.59 Å². The fourth-order valence-corrected chi connectivity index (χ4v) is 3.25. The Morgan fingerprint density at radius 1 is 0.962 bits per heavy atom. The van der Waals surface area contributed by atoms with Crippen LogP contribution in [0.3, 0.4) is 0 Å². The number of hydrogen-bond donors (Lipinski definition) is 1. The Bertz CT molecular complexity index is 539. The van der Waals surface area contributed by atoms with E-state index in [-0.39, 0.29) is 11.8 Å². The summed E-state index contributed by atoms with van der Waals surface area (Å²) in [5.41, 5.74) is 1.11. The Kier molecular flexibility index (Phi) is 9.18. The molecule has 0 spiro atoms. The predicted octanol–water partition coefficient (Wildman–Crippen LogP) is 2.81. The van der Waals surface area contributed by atoms with E-state index in [2.05, 4.69) is 17.1 Å². The van der Waals surface area contributed by atoms with Gasteiger partial charge < -0.3 is 10.2 Å². The van der Waals surface area contributed by atoms with Gasteiger partial charge in [-0.3, -0.25) is 14.5 Å². The number of nitrogens with one attached hydrogen (secondary N) is 1. The number of amides is 2. The summed E-state index contributed by atoms with van der Waals surface area (Å²) in [7, 11) is 0. The third kappa shape index (κ3) is 7.56. The van der Waals surface area contributed by atoms with Gasteiger partial charge in [-0.1, -0.05) is 62.9 Å². The minimum atomic E-state index is 0.0459. The summed E-state index contributed by atoms with van der Waals surface area (Å²) in [4.78, 5) is 28.4. The Morgan fingerprint density at radius 2 is 1.65 bits per heavy atom. The van der Waals surface area contributed by atoms with Gasteiger partial charge in [0, 0.05) is 39.1 Å². The summed E-state index contributed by atoms with van der Waals surface area (Å²) in [5.74, 6) is 0.319. The van der Waals surface area contributed by atoms with Crippen LogP contribution in [0.25, 0.3) is 0 Å². The highest BCUT2D eigenvalue weighted by molar-refractivity contribution is 5.78. The van der Waals surface area contributed by atoms with Gasteiger partial charge in [0.2, 0.25) is 11.8 Å². The summed E-state index contributed by atoms with van der Waals surface area (Å²) in [6.07, 6.45) is 6.55. The van der Waals surface area contributed by atoms with Crippen LogP contribution in [0.2, 0.25) is 0 Å². The van der Waals surface area contributed by atoms with Gasteiger partial charge in [0.05, 0.1) is 6.54 Å². The number of rotatable bonds is 10. The Hall–Kier alpha value is -1.88. The van der Waals surface area contributed by atoms with Crippen molar-refractivity contribution >= 4 is 11.8 Å². The van der Waals surface area contributed by atoms with Crippen LogP contribution in [0.15, 0.2) is 30.3 Å². The molecule has 0 atom stereocenters. The fraction of sp³-hybridized carbons (Fsp3) is 0.619. The zero-order valence-corrected chi connectivity index (χ0v) is 16.1. The molecule has 1 aromatic rings. The number of hydrogen-bond acceptors (Lipinski definition) is 3. The van der Waals surface area contributed by atoms with Gasteiger partial charge in [0.1, 0.15) is 0 Å². The lowest BCUT2D eigenvalue weighted by Gasteiger charge is -2.34. The average molecular weight is 360 g/mol. The summed E-state index contributed by atoms with van der Waals surface area (Å²) in [6.45, 7) is 6.20. The van der Waals surface area contributed by atoms with Crippen LogP contribution in [-0.4, -0.2) is 54.3 Å². The quantitative estimate of drug-likeness (QED) is 0.654. The molecule has 1 aliphatic rings. The molecule has 5 heteroatoms. The van der Waals surface area contributed by atoms with E-state index >= 15 is 0 Å². The summed E-state index contributed by atoms with van der Waals surface area (Å²) in [6, 6.07) is 9.93. The lowest BCUT2D eigenvalue weighted by molar-refractivity contribution is -0.133. The molecule has 144 valence electrons. The zero-order chi connectivity index (χ0) is 18.6. The number of piperazine rings is 1. The highest BCUT2D eigenvalue weighted by Crippen LogP contribution is 2.09. The maximum atomic E-state index is 12.2. The van der Waals surface area contributed by atoms with Crippen molar-refractivity contribution in [3.05, 3.63) is 35.9 Å². The molecule has 0 bridgehead atoms. The van der Waals surface area contributed by atoms with Crippen molar-refractivity contribution in [3.63, 3.8) is 0 Å². The highest BCUT2D eigenvalue weighted by atomic mass is 16.2. The van der Waals surface area contributed by atoms with E-state index in [0.717, 1.165) is 44.6 Å². The predicted molar refractivity (Wildman–Crippen MR) is 105 cm³/mol. The zero-order valence-electron chi connectivity index (χ0n) is 16.1. The van der Waals surface area contributed by atoms with Crippen molar-refractivity contribution in [1.82, 2.24) is 15.1 Å². The van der Waals surface area contributed by atoms with E-state index in [1.54, 1.807) is 0 Å². The molecule has 2 amide bonds. The number of benzene rings is 1. The molecule has 1 aromatic carbocycles. The molecule has 0 aliphatic carbocycles. The van der Waals surface area contributed by atoms with E-state index in [0.29, 0.717) is 19.5 Å². The van der Waals surface area contributed by atoms with Gasteiger partial charge in [0.15, 0.2) is 0 Å². The molecule has 1 aliphatic heterocycles. The molecule has 1 fully saturated rings. The van der Waals surface area contributed by atoms with E-state index in [1.807, 2.05) is 35.2 Å². The second-order valence-corrected chi connectivity index (χ2v) is 7.08. The molecule has 1 heterocycles. The van der Waals surface area contributed by atoms with E-state index in [1.165, 1.54) is 19.3 Å². The van der Waals surface area contributed by atoms with Crippen molar-refractivity contribution in [2.75, 3.05) is 32.7 Å². The Morgan fingerprint density at radius 3 is 2.35 bits per heavy atom. The molecule has 0 unspecified atom stereocenters. The van der Waals surface area contributed by atoms with Crippen LogP contribution in [-0.2, 0) is 16.1 Å². The maximum absolute atomic E-state index is 12.2. The minimum Gasteiger partial charge on any atom is -0.351 e. The van der Waals surface area contributed by atoms with Crippen molar-refractivity contribution in [3.8, 4) is 0 Å². The summed E-state index contributed by atoms with van der Waals surface area (Å²) < 4.78 is 0. The second kappa shape index (κ2) is 11.7. The average Bonchev–Trinajstić information content (AvgIpc) is 2.67. The molecule has 1 N–H and O–H groups in total. The molecule has 0 saturated carbocycles. The molecule has 26 heavy (non-hydrogen) atoms. The molecule has 0 radical (unpaired) electrons. The first-order valence-electron chi connectivity index (χ1n) is 9.99. The second-order valence-electron chi connectivity index (χ2n) is 7.08. The Labute approximate surface area is 157 Å². The molecule has 0 aromatic heterocycles. The lowest BCUT2D eigenvalue weighted by atomic mass is 10.1. The summed E-state index contributed by atoms with van der Waals surface area (Å²) in [5, 5.41) is 2.96. The molecular formula is C21H33N3O2. The monoisotopic (exact) mass is 359 g/mol. The first-order chi connectivity index (χ1) is 12.7. The number of nitrogens with zero attached hydrogens (tertiary/aromatic N) is 2. The van der Waals surface area contributed by atoms with Crippen LogP contribution in [0.1, 0.15) is 51.0 Å².